The highest BCUT2D eigenvalue weighted by Gasteiger charge is 2.19. The molecule has 36 heavy (non-hydrogen) atoms. The Bertz CT molecular complexity index is 1600. The van der Waals surface area contributed by atoms with Crippen LogP contribution in [0.1, 0.15) is 18.2 Å². The molecule has 7 nitrogen and oxygen atoms in total. The summed E-state index contributed by atoms with van der Waals surface area (Å²) in [6, 6.07) is 19.2. The van der Waals surface area contributed by atoms with Crippen molar-refractivity contribution in [3.8, 4) is 27.7 Å². The normalized spacial score (nSPS) is 11.6. The Labute approximate surface area is 211 Å². The number of fused-ring (bicyclic) bond motifs is 1. The summed E-state index contributed by atoms with van der Waals surface area (Å²) in [5, 5.41) is 21.8. The van der Waals surface area contributed by atoms with Crippen molar-refractivity contribution >= 4 is 45.5 Å². The summed E-state index contributed by atoms with van der Waals surface area (Å²) in [4.78, 5) is 16.0. The van der Waals surface area contributed by atoms with Crippen LogP contribution in [-0.2, 0) is 0 Å². The Kier molecular flexibility index (Phi) is 6.34. The van der Waals surface area contributed by atoms with Gasteiger partial charge < -0.3 is 14.4 Å². The number of phenols is 1. The molecule has 0 fully saturated rings. The van der Waals surface area contributed by atoms with Gasteiger partial charge >= 0.3 is 0 Å². The summed E-state index contributed by atoms with van der Waals surface area (Å²) in [5.41, 5.74) is 2.72. The number of aromatic nitrogens is 2. The first-order valence-corrected chi connectivity index (χ1v) is 11.9. The van der Waals surface area contributed by atoms with E-state index in [4.69, 9.17) is 4.74 Å². The lowest BCUT2D eigenvalue weighted by Crippen LogP contribution is -1.87. The number of nitro benzene ring substituents is 1. The van der Waals surface area contributed by atoms with E-state index in [1.807, 2.05) is 66.4 Å². The average Bonchev–Trinajstić information content (AvgIpc) is 3.48. The Morgan fingerprint density at radius 1 is 1.06 bits per heavy atom. The number of hydrogen-bond donors (Lipinski definition) is 1. The zero-order chi connectivity index (χ0) is 25.1. The third-order valence-corrected chi connectivity index (χ3v) is 6.64. The predicted octanol–water partition coefficient (Wildman–Crippen LogP) is 7.83. The molecule has 1 N–H and O–H groups in total. The van der Waals surface area contributed by atoms with E-state index in [0.29, 0.717) is 11.5 Å². The van der Waals surface area contributed by atoms with Gasteiger partial charge in [0.2, 0.25) is 0 Å². The van der Waals surface area contributed by atoms with Crippen LogP contribution in [-0.4, -0.2) is 19.6 Å². The fourth-order valence-electron chi connectivity index (χ4n) is 3.72. The molecular weight excluding hydrogens is 474 g/mol. The number of nitro groups is 1. The van der Waals surface area contributed by atoms with E-state index in [0.717, 1.165) is 31.8 Å². The number of imidazole rings is 1. The third-order valence-electron chi connectivity index (χ3n) is 5.46. The predicted molar refractivity (Wildman–Crippen MR) is 144 cm³/mol. The minimum absolute atomic E-state index is 0.0271. The molecule has 0 aliphatic carbocycles. The first-order chi connectivity index (χ1) is 17.5. The molecule has 2 heterocycles. The highest BCUT2D eigenvalue weighted by Crippen LogP contribution is 2.47. The minimum Gasteiger partial charge on any atom is -0.508 e. The number of phenolic OH excluding ortho intramolecular Hbond substituents is 1. The Morgan fingerprint density at radius 2 is 1.83 bits per heavy atom. The van der Waals surface area contributed by atoms with Gasteiger partial charge in [-0.3, -0.25) is 10.1 Å². The summed E-state index contributed by atoms with van der Waals surface area (Å²) in [5.74, 6) is 1.42. The summed E-state index contributed by atoms with van der Waals surface area (Å²) in [7, 11) is 0. The van der Waals surface area contributed by atoms with Gasteiger partial charge in [0.05, 0.1) is 21.8 Å². The molecule has 0 aliphatic rings. The van der Waals surface area contributed by atoms with Crippen LogP contribution in [0.2, 0.25) is 0 Å². The van der Waals surface area contributed by atoms with Crippen LogP contribution in [0.3, 0.4) is 0 Å². The number of allylic oxidation sites excluding steroid dienone is 1. The van der Waals surface area contributed by atoms with Crippen molar-refractivity contribution in [3.05, 3.63) is 107 Å². The van der Waals surface area contributed by atoms with Gasteiger partial charge in [-0.15, -0.1) is 11.3 Å². The van der Waals surface area contributed by atoms with Crippen LogP contribution in [0.15, 0.2) is 85.3 Å². The molecule has 0 saturated heterocycles. The van der Waals surface area contributed by atoms with Crippen molar-refractivity contribution in [2.24, 2.45) is 0 Å². The summed E-state index contributed by atoms with van der Waals surface area (Å²) >= 11 is 1.41. The maximum Gasteiger partial charge on any atom is 0.270 e. The van der Waals surface area contributed by atoms with E-state index in [1.54, 1.807) is 42.7 Å². The maximum absolute atomic E-state index is 11.3. The molecular formula is C28H21N3O4S. The monoisotopic (exact) mass is 495 g/mol. The molecule has 5 rings (SSSR count). The molecule has 3 aromatic carbocycles. The molecule has 0 bridgehead atoms. The lowest BCUT2D eigenvalue weighted by atomic mass is 10.1. The molecule has 2 aromatic heterocycles. The second kappa shape index (κ2) is 9.89. The number of thiophene rings is 1. The van der Waals surface area contributed by atoms with Crippen LogP contribution >= 0.6 is 11.3 Å². The molecule has 0 radical (unpaired) electrons. The largest absolute Gasteiger partial charge is 0.508 e. The number of rotatable bonds is 7. The molecule has 0 atom stereocenters. The summed E-state index contributed by atoms with van der Waals surface area (Å²) < 4.78 is 8.97. The zero-order valence-corrected chi connectivity index (χ0v) is 20.1. The van der Waals surface area contributed by atoms with Crippen LogP contribution in [0.25, 0.3) is 38.9 Å². The van der Waals surface area contributed by atoms with E-state index in [2.05, 4.69) is 4.98 Å². The molecule has 8 heteroatoms. The van der Waals surface area contributed by atoms with Gasteiger partial charge in [-0.25, -0.2) is 4.98 Å². The van der Waals surface area contributed by atoms with Gasteiger partial charge in [-0.1, -0.05) is 24.3 Å². The van der Waals surface area contributed by atoms with Gasteiger partial charge in [0, 0.05) is 34.6 Å². The van der Waals surface area contributed by atoms with E-state index >= 15 is 0 Å². The van der Waals surface area contributed by atoms with Crippen molar-refractivity contribution in [1.29, 1.82) is 0 Å². The number of non-ortho nitro benzene ring substituents is 1. The smallest absolute Gasteiger partial charge is 0.270 e. The Balaban J connectivity index is 1.45. The second-order valence-electron chi connectivity index (χ2n) is 7.98. The number of benzene rings is 3. The molecule has 0 amide bonds. The number of nitrogens with zero attached hydrogens (tertiary/aromatic N) is 3. The minimum atomic E-state index is -0.406. The highest BCUT2D eigenvalue weighted by molar-refractivity contribution is 7.22. The van der Waals surface area contributed by atoms with E-state index in [1.165, 1.54) is 17.4 Å². The standard InChI is InChI=1S/C28H21N3O4S/c1-2-15-30-17-21(29-18-30)8-3-19-4-12-24(13-5-19)35-27-25-14-9-22(31(33)34)16-26(25)36-28(27)20-6-10-23(32)11-7-20/h2-18,32H,1H3/b8-3+,15-2+. The molecule has 0 unspecified atom stereocenters. The van der Waals surface area contributed by atoms with Crippen molar-refractivity contribution in [2.45, 2.75) is 6.92 Å². The van der Waals surface area contributed by atoms with Gasteiger partial charge in [-0.05, 0) is 66.6 Å². The zero-order valence-electron chi connectivity index (χ0n) is 19.2. The highest BCUT2D eigenvalue weighted by atomic mass is 32.1. The topological polar surface area (TPSA) is 90.4 Å². The lowest BCUT2D eigenvalue weighted by Gasteiger charge is -2.09. The van der Waals surface area contributed by atoms with Crippen molar-refractivity contribution in [3.63, 3.8) is 0 Å². The van der Waals surface area contributed by atoms with Gasteiger partial charge in [0.25, 0.3) is 5.69 Å². The van der Waals surface area contributed by atoms with Crippen molar-refractivity contribution in [1.82, 2.24) is 9.55 Å². The molecule has 178 valence electrons. The third kappa shape index (κ3) is 4.89. The number of ether oxygens (including phenoxy) is 1. The van der Waals surface area contributed by atoms with Crippen LogP contribution in [0, 0.1) is 10.1 Å². The number of hydrogen-bond acceptors (Lipinski definition) is 6. The van der Waals surface area contributed by atoms with Crippen LogP contribution in [0.5, 0.6) is 17.2 Å². The van der Waals surface area contributed by atoms with Crippen LogP contribution < -0.4 is 4.74 Å². The summed E-state index contributed by atoms with van der Waals surface area (Å²) in [6.45, 7) is 1.95. The molecule has 5 aromatic rings. The maximum atomic E-state index is 11.3. The van der Waals surface area contributed by atoms with Gasteiger partial charge in [0.15, 0.2) is 5.75 Å². The van der Waals surface area contributed by atoms with E-state index in [-0.39, 0.29) is 11.4 Å². The lowest BCUT2D eigenvalue weighted by molar-refractivity contribution is -0.384. The first-order valence-electron chi connectivity index (χ1n) is 11.1. The van der Waals surface area contributed by atoms with Crippen molar-refractivity contribution < 1.29 is 14.8 Å². The number of aromatic hydroxyl groups is 1. The Morgan fingerprint density at radius 3 is 2.56 bits per heavy atom. The molecule has 0 aliphatic heterocycles. The van der Waals surface area contributed by atoms with Gasteiger partial charge in [-0.2, -0.15) is 0 Å². The Hall–Kier alpha value is -4.69. The first kappa shape index (κ1) is 23.1. The fraction of sp³-hybridized carbons (Fsp3) is 0.0357. The van der Waals surface area contributed by atoms with Gasteiger partial charge in [0.1, 0.15) is 11.5 Å². The van der Waals surface area contributed by atoms with Crippen molar-refractivity contribution in [2.75, 3.05) is 0 Å². The second-order valence-corrected chi connectivity index (χ2v) is 9.03. The summed E-state index contributed by atoms with van der Waals surface area (Å²) in [6.07, 6.45) is 11.5. The molecule has 0 spiro atoms. The van der Waals surface area contributed by atoms with E-state index < -0.39 is 4.92 Å². The van der Waals surface area contributed by atoms with E-state index in [9.17, 15) is 15.2 Å². The average molecular weight is 496 g/mol. The SMILES string of the molecule is C/C=C/n1cnc(/C=C/c2ccc(Oc3c(-c4ccc(O)cc4)sc4cc([N+](=O)[O-])ccc34)cc2)c1. The quantitative estimate of drug-likeness (QED) is 0.183. The fourth-order valence-corrected chi connectivity index (χ4v) is 4.89. The van der Waals surface area contributed by atoms with Crippen LogP contribution in [0.4, 0.5) is 5.69 Å². The molecule has 0 saturated carbocycles.